The van der Waals surface area contributed by atoms with Gasteiger partial charge in [0, 0.05) is 10.0 Å². The van der Waals surface area contributed by atoms with Crippen LogP contribution in [0.3, 0.4) is 0 Å². The molecule has 0 bridgehead atoms. The van der Waals surface area contributed by atoms with Crippen LogP contribution >= 0.6 is 15.9 Å². The van der Waals surface area contributed by atoms with E-state index in [1.165, 1.54) is 5.56 Å². The Morgan fingerprint density at radius 3 is 2.11 bits per heavy atom. The van der Waals surface area contributed by atoms with Gasteiger partial charge in [-0.2, -0.15) is 0 Å². The highest BCUT2D eigenvalue weighted by molar-refractivity contribution is 9.10. The van der Waals surface area contributed by atoms with Crippen molar-refractivity contribution in [2.24, 2.45) is 5.84 Å². The number of halogens is 1. The third-order valence-electron chi connectivity index (χ3n) is 3.36. The lowest BCUT2D eigenvalue weighted by molar-refractivity contribution is 0.244. The van der Waals surface area contributed by atoms with E-state index < -0.39 is 0 Å². The highest BCUT2D eigenvalue weighted by Gasteiger charge is 2.24. The maximum Gasteiger partial charge on any atom is 0.128 e. The molecule has 0 aliphatic heterocycles. The molecule has 0 spiro atoms. The minimum Gasteiger partial charge on any atom is -0.496 e. The van der Waals surface area contributed by atoms with Crippen LogP contribution in [0, 0.1) is 20.8 Å². The zero-order chi connectivity index (χ0) is 14.0. The molecule has 0 fully saturated rings. The summed E-state index contributed by atoms with van der Waals surface area (Å²) >= 11 is 3.65. The van der Waals surface area contributed by atoms with Crippen molar-refractivity contribution in [2.45, 2.75) is 26.9 Å². The Morgan fingerprint density at radius 2 is 1.72 bits per heavy atom. The van der Waals surface area contributed by atoms with Gasteiger partial charge in [0.1, 0.15) is 11.9 Å². The molecule has 1 atom stereocenters. The summed E-state index contributed by atoms with van der Waals surface area (Å²) in [7, 11) is 5.65. The molecule has 18 heavy (non-hydrogen) atoms. The van der Waals surface area contributed by atoms with Crippen LogP contribution in [0.15, 0.2) is 4.47 Å². The molecule has 0 amide bonds. The van der Waals surface area contributed by atoms with Gasteiger partial charge >= 0.3 is 0 Å². The van der Waals surface area contributed by atoms with E-state index in [0.29, 0.717) is 0 Å². The van der Waals surface area contributed by atoms with Crippen LogP contribution in [0.5, 0.6) is 5.75 Å². The molecule has 0 aliphatic rings. The Kier molecular flexibility index (Phi) is 5.16. The molecule has 0 radical (unpaired) electrons. The molecule has 0 aromatic heterocycles. The van der Waals surface area contributed by atoms with Crippen LogP contribution in [-0.2, 0) is 0 Å². The van der Waals surface area contributed by atoms with Crippen LogP contribution in [-0.4, -0.2) is 26.1 Å². The fraction of sp³-hybridized carbons (Fsp3) is 0.538. The lowest BCUT2D eigenvalue weighted by Crippen LogP contribution is -2.38. The molecule has 0 saturated heterocycles. The second-order valence-corrected chi connectivity index (χ2v) is 5.46. The molecule has 5 heteroatoms. The van der Waals surface area contributed by atoms with E-state index in [-0.39, 0.29) is 6.17 Å². The maximum absolute atomic E-state index is 5.67. The SMILES string of the molecule is COc1c(C)c(C)c(Br)c(C)c1C(NN)N(C)C. The highest BCUT2D eigenvalue weighted by atomic mass is 79.9. The average Bonchev–Trinajstić information content (AvgIpc) is 2.33. The van der Waals surface area contributed by atoms with Gasteiger partial charge in [0.2, 0.25) is 0 Å². The third-order valence-corrected chi connectivity index (χ3v) is 4.55. The van der Waals surface area contributed by atoms with Gasteiger partial charge in [-0.05, 0) is 51.6 Å². The quantitative estimate of drug-likeness (QED) is 0.509. The molecule has 1 aromatic carbocycles. The number of rotatable bonds is 4. The molecular formula is C13H22BrN3O. The zero-order valence-corrected chi connectivity index (χ0v) is 13.5. The second kappa shape index (κ2) is 6.02. The van der Waals surface area contributed by atoms with Crippen molar-refractivity contribution < 1.29 is 4.74 Å². The number of ether oxygens (including phenoxy) is 1. The number of benzene rings is 1. The topological polar surface area (TPSA) is 50.5 Å². The minimum atomic E-state index is -0.0875. The monoisotopic (exact) mass is 315 g/mol. The van der Waals surface area contributed by atoms with Crippen molar-refractivity contribution in [2.75, 3.05) is 21.2 Å². The first-order chi connectivity index (χ1) is 8.36. The lowest BCUT2D eigenvalue weighted by atomic mass is 9.96. The number of methoxy groups -OCH3 is 1. The number of hydrogen-bond donors (Lipinski definition) is 2. The first-order valence-corrected chi connectivity index (χ1v) is 6.61. The van der Waals surface area contributed by atoms with E-state index in [2.05, 4.69) is 42.1 Å². The number of hydrogen-bond acceptors (Lipinski definition) is 4. The van der Waals surface area contributed by atoms with Gasteiger partial charge in [0.25, 0.3) is 0 Å². The molecule has 3 N–H and O–H groups in total. The van der Waals surface area contributed by atoms with Crippen LogP contribution < -0.4 is 16.0 Å². The summed E-state index contributed by atoms with van der Waals surface area (Å²) in [6, 6.07) is 0. The minimum absolute atomic E-state index is 0.0875. The first-order valence-electron chi connectivity index (χ1n) is 5.82. The van der Waals surface area contributed by atoms with E-state index in [1.807, 2.05) is 19.0 Å². The summed E-state index contributed by atoms with van der Waals surface area (Å²) in [5.74, 6) is 6.57. The summed E-state index contributed by atoms with van der Waals surface area (Å²) in [4.78, 5) is 2.02. The molecule has 1 rings (SSSR count). The fourth-order valence-corrected chi connectivity index (χ4v) is 2.70. The van der Waals surface area contributed by atoms with Crippen molar-refractivity contribution in [3.63, 3.8) is 0 Å². The Morgan fingerprint density at radius 1 is 1.17 bits per heavy atom. The Hall–Kier alpha value is -0.620. The van der Waals surface area contributed by atoms with Crippen molar-refractivity contribution in [3.8, 4) is 5.75 Å². The second-order valence-electron chi connectivity index (χ2n) is 4.67. The summed E-state index contributed by atoms with van der Waals surface area (Å²) < 4.78 is 6.69. The lowest BCUT2D eigenvalue weighted by Gasteiger charge is -2.29. The van der Waals surface area contributed by atoms with Crippen molar-refractivity contribution in [3.05, 3.63) is 26.7 Å². The predicted octanol–water partition coefficient (Wildman–Crippen LogP) is 2.41. The number of hydrazine groups is 1. The van der Waals surface area contributed by atoms with Gasteiger partial charge in [-0.3, -0.25) is 10.7 Å². The van der Waals surface area contributed by atoms with Gasteiger partial charge in [-0.15, -0.1) is 0 Å². The van der Waals surface area contributed by atoms with Crippen LogP contribution in [0.1, 0.15) is 28.4 Å². The number of nitrogens with zero attached hydrogens (tertiary/aromatic N) is 1. The van der Waals surface area contributed by atoms with E-state index >= 15 is 0 Å². The van der Waals surface area contributed by atoms with Gasteiger partial charge in [0.15, 0.2) is 0 Å². The van der Waals surface area contributed by atoms with E-state index in [1.54, 1.807) is 7.11 Å². The molecule has 0 aliphatic carbocycles. The van der Waals surface area contributed by atoms with E-state index in [0.717, 1.165) is 26.9 Å². The summed E-state index contributed by atoms with van der Waals surface area (Å²) in [6.07, 6.45) is -0.0875. The largest absolute Gasteiger partial charge is 0.496 e. The third kappa shape index (κ3) is 2.54. The average molecular weight is 316 g/mol. The van der Waals surface area contributed by atoms with Gasteiger partial charge in [0.05, 0.1) is 7.11 Å². The Balaban J connectivity index is 3.60. The predicted molar refractivity (Wildman–Crippen MR) is 78.7 cm³/mol. The van der Waals surface area contributed by atoms with Crippen molar-refractivity contribution in [1.82, 2.24) is 10.3 Å². The van der Waals surface area contributed by atoms with Crippen LogP contribution in [0.25, 0.3) is 0 Å². The number of nitrogens with two attached hydrogens (primary N) is 1. The molecular weight excluding hydrogens is 294 g/mol. The first kappa shape index (κ1) is 15.4. The molecule has 0 saturated carbocycles. The van der Waals surface area contributed by atoms with Crippen LogP contribution in [0.4, 0.5) is 0 Å². The number of nitrogens with one attached hydrogen (secondary N) is 1. The summed E-state index contributed by atoms with van der Waals surface area (Å²) in [5.41, 5.74) is 7.38. The van der Waals surface area contributed by atoms with Crippen molar-refractivity contribution in [1.29, 1.82) is 0 Å². The summed E-state index contributed by atoms with van der Waals surface area (Å²) in [6.45, 7) is 6.21. The highest BCUT2D eigenvalue weighted by Crippen LogP contribution is 2.39. The summed E-state index contributed by atoms with van der Waals surface area (Å²) in [5, 5.41) is 0. The van der Waals surface area contributed by atoms with Gasteiger partial charge in [-0.1, -0.05) is 15.9 Å². The van der Waals surface area contributed by atoms with Gasteiger partial charge < -0.3 is 4.74 Å². The standard InChI is InChI=1S/C13H22BrN3O/c1-7-8(2)12(18-6)10(9(3)11(7)14)13(16-15)17(4)5/h13,16H,15H2,1-6H3. The molecule has 0 heterocycles. The Labute approximate surface area is 118 Å². The maximum atomic E-state index is 5.67. The Bertz CT molecular complexity index is 447. The molecule has 1 aromatic rings. The fourth-order valence-electron chi connectivity index (χ4n) is 2.19. The molecule has 1 unspecified atom stereocenters. The zero-order valence-electron chi connectivity index (χ0n) is 11.9. The molecule has 4 nitrogen and oxygen atoms in total. The van der Waals surface area contributed by atoms with Crippen molar-refractivity contribution >= 4 is 15.9 Å². The van der Waals surface area contributed by atoms with Gasteiger partial charge in [-0.25, -0.2) is 5.43 Å². The molecule has 102 valence electrons. The van der Waals surface area contributed by atoms with E-state index in [4.69, 9.17) is 10.6 Å². The normalized spacial score (nSPS) is 12.9. The van der Waals surface area contributed by atoms with Crippen LogP contribution in [0.2, 0.25) is 0 Å². The smallest absolute Gasteiger partial charge is 0.128 e. The van der Waals surface area contributed by atoms with E-state index in [9.17, 15) is 0 Å².